The number of halogens is 1. The second kappa shape index (κ2) is 10.1. The van der Waals surface area contributed by atoms with Crippen molar-refractivity contribution in [2.45, 2.75) is 19.9 Å². The number of anilines is 1. The first-order chi connectivity index (χ1) is 14.1. The number of carbonyl (C=O) groups excluding carboxylic acids is 2. The molecule has 0 saturated carbocycles. The number of rotatable bonds is 7. The lowest BCUT2D eigenvalue weighted by molar-refractivity contribution is -0.133. The summed E-state index contributed by atoms with van der Waals surface area (Å²) in [5.74, 6) is -0.167. The van der Waals surface area contributed by atoms with E-state index < -0.39 is 6.03 Å². The van der Waals surface area contributed by atoms with Crippen LogP contribution in [-0.4, -0.2) is 30.1 Å². The second-order valence-corrected chi connectivity index (χ2v) is 6.85. The average molecular weight is 415 g/mol. The fourth-order valence-corrected chi connectivity index (χ4v) is 3.13. The van der Waals surface area contributed by atoms with Crippen LogP contribution in [0.1, 0.15) is 18.1 Å². The lowest BCUT2D eigenvalue weighted by Gasteiger charge is -2.25. The van der Waals surface area contributed by atoms with E-state index in [9.17, 15) is 9.59 Å². The third-order valence-corrected chi connectivity index (χ3v) is 4.81. The molecule has 1 aliphatic heterocycles. The third-order valence-electron chi connectivity index (χ3n) is 4.44. The van der Waals surface area contributed by atoms with Gasteiger partial charge in [0, 0.05) is 24.7 Å². The van der Waals surface area contributed by atoms with Crippen LogP contribution in [0.5, 0.6) is 0 Å². The fourth-order valence-electron chi connectivity index (χ4n) is 2.93. The van der Waals surface area contributed by atoms with E-state index in [0.29, 0.717) is 11.6 Å². The third kappa shape index (κ3) is 5.57. The van der Waals surface area contributed by atoms with Crippen molar-refractivity contribution in [2.24, 2.45) is 0 Å². The Morgan fingerprint density at radius 1 is 1.17 bits per heavy atom. The molecular weight excluding hydrogens is 392 g/mol. The standard InChI is InChI=1S/C21H23ClN4O3/c1-16(27)26(23-15-18-8-2-4-10-19(18)22)13-14-29-24-21(28)25-12-6-9-17-7-3-5-11-20(17)25/h2-8,10-12,23H,9,13-15H2,1H3,(H,24,28). The minimum absolute atomic E-state index is 0.125. The molecule has 2 aromatic carbocycles. The van der Waals surface area contributed by atoms with Crippen molar-refractivity contribution in [3.05, 3.63) is 77.0 Å². The highest BCUT2D eigenvalue weighted by molar-refractivity contribution is 6.31. The maximum Gasteiger partial charge on any atom is 0.349 e. The molecule has 0 aliphatic carbocycles. The first-order valence-corrected chi connectivity index (χ1v) is 9.64. The first kappa shape index (κ1) is 20.9. The molecular formula is C21H23ClN4O3. The summed E-state index contributed by atoms with van der Waals surface area (Å²) in [6, 6.07) is 14.7. The maximum absolute atomic E-state index is 12.4. The molecule has 7 nitrogen and oxygen atoms in total. The number of hydroxylamine groups is 1. The van der Waals surface area contributed by atoms with Gasteiger partial charge in [0.15, 0.2) is 0 Å². The molecule has 0 saturated heterocycles. The molecule has 3 amide bonds. The van der Waals surface area contributed by atoms with Gasteiger partial charge in [-0.25, -0.2) is 15.7 Å². The van der Waals surface area contributed by atoms with Crippen molar-refractivity contribution in [3.63, 3.8) is 0 Å². The van der Waals surface area contributed by atoms with Gasteiger partial charge < -0.3 is 0 Å². The normalized spacial score (nSPS) is 12.4. The summed E-state index contributed by atoms with van der Waals surface area (Å²) in [6.07, 6.45) is 4.41. The molecule has 0 fully saturated rings. The Morgan fingerprint density at radius 3 is 2.72 bits per heavy atom. The number of benzene rings is 2. The molecule has 2 aromatic rings. The Hall–Kier alpha value is -2.87. The predicted octanol–water partition coefficient (Wildman–Crippen LogP) is 3.41. The summed E-state index contributed by atoms with van der Waals surface area (Å²) < 4.78 is 0. The van der Waals surface area contributed by atoms with Crippen LogP contribution in [0.25, 0.3) is 0 Å². The molecule has 0 unspecified atom stereocenters. The number of hydrogen-bond donors (Lipinski definition) is 2. The summed E-state index contributed by atoms with van der Waals surface area (Å²) in [5.41, 5.74) is 8.21. The monoisotopic (exact) mass is 414 g/mol. The second-order valence-electron chi connectivity index (χ2n) is 6.44. The van der Waals surface area contributed by atoms with Crippen LogP contribution >= 0.6 is 11.6 Å². The van der Waals surface area contributed by atoms with Gasteiger partial charge in [-0.1, -0.05) is 54.1 Å². The number of hydrogen-bond acceptors (Lipinski definition) is 4. The highest BCUT2D eigenvalue weighted by atomic mass is 35.5. The van der Waals surface area contributed by atoms with Crippen LogP contribution in [0.15, 0.2) is 60.8 Å². The molecule has 2 N–H and O–H groups in total. The number of fused-ring (bicyclic) bond motifs is 1. The van der Waals surface area contributed by atoms with Crippen LogP contribution in [0.4, 0.5) is 10.5 Å². The van der Waals surface area contributed by atoms with Crippen LogP contribution in [0.2, 0.25) is 5.02 Å². The minimum atomic E-state index is -0.396. The van der Waals surface area contributed by atoms with E-state index in [4.69, 9.17) is 16.4 Å². The summed E-state index contributed by atoms with van der Waals surface area (Å²) in [5, 5.41) is 2.05. The Labute approximate surface area is 174 Å². The Bertz CT molecular complexity index is 903. The van der Waals surface area contributed by atoms with Crippen LogP contribution in [0.3, 0.4) is 0 Å². The molecule has 1 heterocycles. The molecule has 0 radical (unpaired) electrons. The van der Waals surface area contributed by atoms with Gasteiger partial charge in [0.2, 0.25) is 5.91 Å². The summed E-state index contributed by atoms with van der Waals surface area (Å²) in [6.45, 7) is 2.24. The zero-order chi connectivity index (χ0) is 20.6. The van der Waals surface area contributed by atoms with E-state index >= 15 is 0 Å². The zero-order valence-electron chi connectivity index (χ0n) is 16.1. The summed E-state index contributed by atoms with van der Waals surface area (Å²) in [7, 11) is 0. The summed E-state index contributed by atoms with van der Waals surface area (Å²) in [4.78, 5) is 31.0. The molecule has 0 bridgehead atoms. The molecule has 8 heteroatoms. The molecule has 1 aliphatic rings. The largest absolute Gasteiger partial charge is 0.349 e. The molecule has 0 atom stereocenters. The number of nitrogens with zero attached hydrogens (tertiary/aromatic N) is 2. The first-order valence-electron chi connectivity index (χ1n) is 9.27. The van der Waals surface area contributed by atoms with Crippen molar-refractivity contribution in [1.82, 2.24) is 15.9 Å². The Morgan fingerprint density at radius 2 is 1.93 bits per heavy atom. The zero-order valence-corrected chi connectivity index (χ0v) is 16.9. The summed E-state index contributed by atoms with van der Waals surface area (Å²) >= 11 is 6.13. The molecule has 152 valence electrons. The number of hydrazine groups is 1. The smallest absolute Gasteiger partial charge is 0.276 e. The Balaban J connectivity index is 1.46. The predicted molar refractivity (Wildman–Crippen MR) is 112 cm³/mol. The van der Waals surface area contributed by atoms with Gasteiger partial charge in [0.1, 0.15) is 0 Å². The van der Waals surface area contributed by atoms with Gasteiger partial charge in [-0.05, 0) is 29.7 Å². The van der Waals surface area contributed by atoms with Gasteiger partial charge in [0.25, 0.3) is 0 Å². The van der Waals surface area contributed by atoms with Crippen LogP contribution in [-0.2, 0) is 22.6 Å². The van der Waals surface area contributed by atoms with E-state index in [1.165, 1.54) is 16.8 Å². The van der Waals surface area contributed by atoms with Gasteiger partial charge in [-0.15, -0.1) is 0 Å². The van der Waals surface area contributed by atoms with E-state index in [-0.39, 0.29) is 19.1 Å². The van der Waals surface area contributed by atoms with Crippen molar-refractivity contribution >= 4 is 29.2 Å². The molecule has 3 rings (SSSR count). The van der Waals surface area contributed by atoms with Crippen molar-refractivity contribution in [1.29, 1.82) is 0 Å². The maximum atomic E-state index is 12.4. The van der Waals surface area contributed by atoms with Crippen molar-refractivity contribution in [2.75, 3.05) is 18.1 Å². The average Bonchev–Trinajstić information content (AvgIpc) is 2.73. The number of allylic oxidation sites excluding steroid dienone is 1. The molecule has 29 heavy (non-hydrogen) atoms. The fraction of sp³-hybridized carbons (Fsp3) is 0.238. The SMILES string of the molecule is CC(=O)N(CCONC(=O)N1C=CCc2ccccc21)NCc1ccccc1Cl. The molecule has 0 aromatic heterocycles. The van der Waals surface area contributed by atoms with Gasteiger partial charge in [-0.3, -0.25) is 19.5 Å². The minimum Gasteiger partial charge on any atom is -0.276 e. The number of carbonyl (C=O) groups is 2. The van der Waals surface area contributed by atoms with Crippen molar-refractivity contribution < 1.29 is 14.4 Å². The van der Waals surface area contributed by atoms with Crippen molar-refractivity contribution in [3.8, 4) is 0 Å². The Kier molecular flexibility index (Phi) is 7.24. The quantitative estimate of drug-likeness (QED) is 0.538. The highest BCUT2D eigenvalue weighted by Crippen LogP contribution is 2.25. The number of para-hydroxylation sites is 1. The molecule has 0 spiro atoms. The lowest BCUT2D eigenvalue weighted by Crippen LogP contribution is -2.44. The van der Waals surface area contributed by atoms with E-state index in [1.807, 2.05) is 48.5 Å². The highest BCUT2D eigenvalue weighted by Gasteiger charge is 2.19. The van der Waals surface area contributed by atoms with Crippen LogP contribution < -0.4 is 15.8 Å². The van der Waals surface area contributed by atoms with E-state index in [2.05, 4.69) is 10.9 Å². The number of amides is 3. The van der Waals surface area contributed by atoms with E-state index in [1.54, 1.807) is 12.3 Å². The number of nitrogens with one attached hydrogen (secondary N) is 2. The number of urea groups is 1. The van der Waals surface area contributed by atoms with Crippen LogP contribution in [0, 0.1) is 0 Å². The van der Waals surface area contributed by atoms with Gasteiger partial charge in [0.05, 0.1) is 18.8 Å². The lowest BCUT2D eigenvalue weighted by atomic mass is 10.1. The van der Waals surface area contributed by atoms with Gasteiger partial charge in [-0.2, -0.15) is 0 Å². The van der Waals surface area contributed by atoms with Gasteiger partial charge >= 0.3 is 6.03 Å². The topological polar surface area (TPSA) is 73.9 Å². The van der Waals surface area contributed by atoms with E-state index in [0.717, 1.165) is 23.2 Å².